The van der Waals surface area contributed by atoms with Crippen molar-refractivity contribution in [2.75, 3.05) is 46.6 Å². The third kappa shape index (κ3) is 4.19. The molecule has 1 aromatic rings. The Hall–Kier alpha value is -1.93. The first kappa shape index (κ1) is 17.9. The second-order valence-corrected chi connectivity index (χ2v) is 6.47. The number of rotatable bonds is 6. The van der Waals surface area contributed by atoms with E-state index >= 15 is 0 Å². The molecular weight excluding hydrogens is 324 g/mol. The zero-order valence-electron chi connectivity index (χ0n) is 14.7. The largest absolute Gasteiger partial charge is 0.385 e. The summed E-state index contributed by atoms with van der Waals surface area (Å²) in [6.07, 6.45) is 3.90. The average molecular weight is 350 g/mol. The van der Waals surface area contributed by atoms with Crippen molar-refractivity contribution in [3.8, 4) is 0 Å². The third-order valence-electron chi connectivity index (χ3n) is 4.79. The van der Waals surface area contributed by atoms with Gasteiger partial charge in [-0.1, -0.05) is 0 Å². The topological polar surface area (TPSA) is 85.7 Å². The van der Waals surface area contributed by atoms with Crippen LogP contribution in [0.15, 0.2) is 6.33 Å². The zero-order valence-corrected chi connectivity index (χ0v) is 14.7. The van der Waals surface area contributed by atoms with Gasteiger partial charge in [-0.25, -0.2) is 4.98 Å². The number of fused-ring (bicyclic) bond motifs is 1. The molecule has 1 unspecified atom stereocenters. The number of imidazole rings is 1. The van der Waals surface area contributed by atoms with Crippen molar-refractivity contribution in [2.45, 2.75) is 25.8 Å². The number of carbonyl (C=O) groups excluding carboxylic acids is 2. The summed E-state index contributed by atoms with van der Waals surface area (Å²) < 4.78 is 12.2. The third-order valence-corrected chi connectivity index (χ3v) is 4.79. The maximum Gasteiger partial charge on any atom is 0.271 e. The molecule has 25 heavy (non-hydrogen) atoms. The number of amides is 2. The molecule has 0 bridgehead atoms. The quantitative estimate of drug-likeness (QED) is 0.734. The smallest absolute Gasteiger partial charge is 0.271 e. The molecule has 2 aliphatic rings. The molecule has 0 aromatic carbocycles. The fraction of sp³-hybridized carbons (Fsp3) is 0.706. The predicted molar refractivity (Wildman–Crippen MR) is 90.3 cm³/mol. The van der Waals surface area contributed by atoms with Crippen LogP contribution in [0.3, 0.4) is 0 Å². The minimum Gasteiger partial charge on any atom is -0.385 e. The van der Waals surface area contributed by atoms with Gasteiger partial charge >= 0.3 is 0 Å². The minimum atomic E-state index is -0.150. The van der Waals surface area contributed by atoms with Gasteiger partial charge in [-0.3, -0.25) is 9.59 Å². The summed E-state index contributed by atoms with van der Waals surface area (Å²) in [5.41, 5.74) is 1.41. The van der Waals surface area contributed by atoms with Crippen LogP contribution >= 0.6 is 0 Å². The van der Waals surface area contributed by atoms with Crippen molar-refractivity contribution in [1.29, 1.82) is 0 Å². The van der Waals surface area contributed by atoms with Crippen LogP contribution in [0.2, 0.25) is 0 Å². The highest BCUT2D eigenvalue weighted by molar-refractivity contribution is 5.93. The Kier molecular flexibility index (Phi) is 6.04. The minimum absolute atomic E-state index is 0.0441. The number of carbonyl (C=O) groups is 2. The summed E-state index contributed by atoms with van der Waals surface area (Å²) in [5, 5.41) is 2.87. The van der Waals surface area contributed by atoms with Gasteiger partial charge in [-0.15, -0.1) is 0 Å². The van der Waals surface area contributed by atoms with Gasteiger partial charge in [0.1, 0.15) is 5.69 Å². The van der Waals surface area contributed by atoms with E-state index in [0.717, 1.165) is 18.5 Å². The number of ether oxygens (including phenoxy) is 2. The van der Waals surface area contributed by atoms with Crippen LogP contribution < -0.4 is 5.32 Å². The molecule has 0 saturated carbocycles. The van der Waals surface area contributed by atoms with Crippen molar-refractivity contribution in [1.82, 2.24) is 19.8 Å². The molecule has 1 aromatic heterocycles. The normalized spacial score (nSPS) is 20.2. The van der Waals surface area contributed by atoms with E-state index in [1.165, 1.54) is 0 Å². The number of morpholine rings is 1. The molecule has 2 aliphatic heterocycles. The molecule has 0 aliphatic carbocycles. The van der Waals surface area contributed by atoms with Crippen molar-refractivity contribution in [3.63, 3.8) is 0 Å². The summed E-state index contributed by atoms with van der Waals surface area (Å²) in [6, 6.07) is 0. The van der Waals surface area contributed by atoms with Crippen LogP contribution in [-0.4, -0.2) is 72.8 Å². The van der Waals surface area contributed by atoms with Crippen molar-refractivity contribution < 1.29 is 19.1 Å². The second kappa shape index (κ2) is 8.44. The maximum absolute atomic E-state index is 12.7. The lowest BCUT2D eigenvalue weighted by Gasteiger charge is -2.32. The number of methoxy groups -OCH3 is 1. The average Bonchev–Trinajstić information content (AvgIpc) is 3.08. The summed E-state index contributed by atoms with van der Waals surface area (Å²) in [7, 11) is 1.64. The second-order valence-electron chi connectivity index (χ2n) is 6.47. The molecule has 1 atom stereocenters. The van der Waals surface area contributed by atoms with Gasteiger partial charge in [0.25, 0.3) is 5.91 Å². The van der Waals surface area contributed by atoms with Gasteiger partial charge in [0.15, 0.2) is 0 Å². The Labute approximate surface area is 147 Å². The lowest BCUT2D eigenvalue weighted by Crippen LogP contribution is -2.45. The molecule has 1 N–H and O–H groups in total. The number of aromatic nitrogens is 2. The zero-order chi connectivity index (χ0) is 17.6. The molecule has 1 saturated heterocycles. The van der Waals surface area contributed by atoms with Gasteiger partial charge < -0.3 is 24.3 Å². The molecule has 3 heterocycles. The maximum atomic E-state index is 12.7. The molecule has 0 radical (unpaired) electrons. The Morgan fingerprint density at radius 1 is 1.40 bits per heavy atom. The summed E-state index contributed by atoms with van der Waals surface area (Å²) in [4.78, 5) is 31.1. The number of nitrogens with one attached hydrogen (secondary N) is 1. The number of nitrogens with zero attached hydrogens (tertiary/aromatic N) is 3. The Morgan fingerprint density at radius 3 is 2.96 bits per heavy atom. The first-order valence-electron chi connectivity index (χ1n) is 8.88. The highest BCUT2D eigenvalue weighted by Gasteiger charge is 2.31. The molecule has 2 amide bonds. The Bertz CT molecular complexity index is 610. The van der Waals surface area contributed by atoms with Crippen molar-refractivity contribution >= 4 is 11.8 Å². The fourth-order valence-corrected chi connectivity index (χ4v) is 3.40. The molecule has 8 nitrogen and oxygen atoms in total. The fourth-order valence-electron chi connectivity index (χ4n) is 3.40. The first-order valence-corrected chi connectivity index (χ1v) is 8.88. The van der Waals surface area contributed by atoms with Gasteiger partial charge in [0.05, 0.1) is 31.2 Å². The Morgan fingerprint density at radius 2 is 2.20 bits per heavy atom. The monoisotopic (exact) mass is 350 g/mol. The number of hydrogen-bond acceptors (Lipinski definition) is 5. The van der Waals surface area contributed by atoms with Crippen LogP contribution in [0.4, 0.5) is 0 Å². The summed E-state index contributed by atoms with van der Waals surface area (Å²) in [5.74, 6) is -0.00607. The van der Waals surface area contributed by atoms with E-state index in [2.05, 4.69) is 10.3 Å². The molecule has 1 fully saturated rings. The van der Waals surface area contributed by atoms with Crippen LogP contribution in [0.25, 0.3) is 0 Å². The van der Waals surface area contributed by atoms with E-state index in [9.17, 15) is 9.59 Å². The molecule has 138 valence electrons. The molecule has 8 heteroatoms. The van der Waals surface area contributed by atoms with E-state index in [4.69, 9.17) is 9.47 Å². The van der Waals surface area contributed by atoms with Crippen LogP contribution in [0.5, 0.6) is 0 Å². The highest BCUT2D eigenvalue weighted by atomic mass is 16.5. The van der Waals surface area contributed by atoms with Crippen LogP contribution in [0, 0.1) is 5.92 Å². The van der Waals surface area contributed by atoms with Gasteiger partial charge in [0.2, 0.25) is 5.91 Å². The summed E-state index contributed by atoms with van der Waals surface area (Å²) >= 11 is 0. The Balaban J connectivity index is 1.58. The molecule has 3 rings (SSSR count). The predicted octanol–water partition coefficient (Wildman–Crippen LogP) is 0.0706. The van der Waals surface area contributed by atoms with Crippen LogP contribution in [-0.2, 0) is 27.2 Å². The standard InChI is InChI=1S/C17H26N4O4/c1-24-8-2-5-18-16(22)15-14-4-3-13(11-21(14)12-19-15)17(23)20-6-9-25-10-7-20/h12-13H,2-11H2,1H3,(H,18,22). The van der Waals surface area contributed by atoms with E-state index < -0.39 is 0 Å². The highest BCUT2D eigenvalue weighted by Crippen LogP contribution is 2.24. The van der Waals surface area contributed by atoms with Crippen molar-refractivity contribution in [2.24, 2.45) is 5.92 Å². The van der Waals surface area contributed by atoms with Crippen molar-refractivity contribution in [3.05, 3.63) is 17.7 Å². The van der Waals surface area contributed by atoms with Gasteiger partial charge in [-0.2, -0.15) is 0 Å². The lowest BCUT2D eigenvalue weighted by atomic mass is 9.95. The first-order chi connectivity index (χ1) is 12.2. The van der Waals surface area contributed by atoms with Gasteiger partial charge in [-0.05, 0) is 19.3 Å². The van der Waals surface area contributed by atoms with E-state index in [1.807, 2.05) is 9.47 Å². The SMILES string of the molecule is COCCCNC(=O)c1ncn2c1CCC(C(=O)N1CCOCC1)C2. The summed E-state index contributed by atoms with van der Waals surface area (Å²) in [6.45, 7) is 4.34. The van der Waals surface area contributed by atoms with E-state index in [-0.39, 0.29) is 17.7 Å². The van der Waals surface area contributed by atoms with Gasteiger partial charge in [0, 0.05) is 39.9 Å². The number of hydrogen-bond donors (Lipinski definition) is 1. The van der Waals surface area contributed by atoms with E-state index in [0.29, 0.717) is 58.1 Å². The molecular formula is C17H26N4O4. The molecule has 0 spiro atoms. The van der Waals surface area contributed by atoms with E-state index in [1.54, 1.807) is 13.4 Å². The van der Waals surface area contributed by atoms with Crippen LogP contribution in [0.1, 0.15) is 29.0 Å². The lowest BCUT2D eigenvalue weighted by molar-refractivity contribution is -0.140.